The number of hydrogen-bond donors (Lipinski definition) is 1. The van der Waals surface area contributed by atoms with E-state index < -0.39 is 0 Å². The van der Waals surface area contributed by atoms with Gasteiger partial charge in [0.25, 0.3) is 0 Å². The van der Waals surface area contributed by atoms with Crippen LogP contribution in [0.1, 0.15) is 25.4 Å². The molecule has 1 aromatic heterocycles. The van der Waals surface area contributed by atoms with Gasteiger partial charge in [-0.05, 0) is 40.0 Å². The van der Waals surface area contributed by atoms with Crippen LogP contribution in [0.5, 0.6) is 0 Å². The third kappa shape index (κ3) is 3.36. The van der Waals surface area contributed by atoms with Crippen molar-refractivity contribution in [3.8, 4) is 0 Å². The van der Waals surface area contributed by atoms with E-state index in [0.29, 0.717) is 6.54 Å². The molecule has 0 spiro atoms. The van der Waals surface area contributed by atoms with Crippen molar-refractivity contribution in [2.75, 3.05) is 20.1 Å². The highest BCUT2D eigenvalue weighted by Crippen LogP contribution is 2.12. The number of hydrogen-bond acceptors (Lipinski definition) is 3. The molecule has 0 atom stereocenters. The van der Waals surface area contributed by atoms with Gasteiger partial charge in [0.2, 0.25) is 0 Å². The molecule has 0 saturated carbocycles. The number of likely N-dealkylation sites (N-methyl/N-ethyl adjacent to an activating group) is 1. The Morgan fingerprint density at radius 1 is 1.40 bits per heavy atom. The third-order valence-electron chi connectivity index (χ3n) is 3.02. The highest BCUT2D eigenvalue weighted by atomic mass is 16.3. The maximum atomic E-state index is 5.72. The lowest BCUT2D eigenvalue weighted by Crippen LogP contribution is -2.47. The van der Waals surface area contributed by atoms with Crippen LogP contribution in [0.3, 0.4) is 0 Å². The van der Waals surface area contributed by atoms with Gasteiger partial charge in [-0.2, -0.15) is 0 Å². The second kappa shape index (κ2) is 4.81. The Bertz CT molecular complexity index is 304. The predicted molar refractivity (Wildman–Crippen MR) is 62.9 cm³/mol. The van der Waals surface area contributed by atoms with Crippen molar-refractivity contribution in [3.63, 3.8) is 0 Å². The van der Waals surface area contributed by atoms with Crippen molar-refractivity contribution in [1.82, 2.24) is 4.90 Å². The Balaban J connectivity index is 2.44. The zero-order valence-corrected chi connectivity index (χ0v) is 10.2. The number of aryl methyl sites for hydroxylation is 1. The second-order valence-corrected chi connectivity index (χ2v) is 4.70. The lowest BCUT2D eigenvalue weighted by atomic mass is 10.0. The lowest BCUT2D eigenvalue weighted by molar-refractivity contribution is 0.163. The number of furan rings is 1. The summed E-state index contributed by atoms with van der Waals surface area (Å²) in [6.07, 6.45) is 0.938. The van der Waals surface area contributed by atoms with E-state index in [1.807, 2.05) is 19.1 Å². The van der Waals surface area contributed by atoms with E-state index >= 15 is 0 Å². The molecule has 15 heavy (non-hydrogen) atoms. The van der Waals surface area contributed by atoms with Crippen LogP contribution in [0, 0.1) is 6.92 Å². The molecule has 0 amide bonds. The normalized spacial score (nSPS) is 12.4. The summed E-state index contributed by atoms with van der Waals surface area (Å²) in [4.78, 5) is 2.27. The van der Waals surface area contributed by atoms with Gasteiger partial charge < -0.3 is 10.2 Å². The van der Waals surface area contributed by atoms with Crippen LogP contribution in [0.25, 0.3) is 0 Å². The Hall–Kier alpha value is -0.800. The van der Waals surface area contributed by atoms with Gasteiger partial charge in [-0.3, -0.25) is 4.90 Å². The number of nitrogens with zero attached hydrogens (tertiary/aromatic N) is 1. The zero-order valence-electron chi connectivity index (χ0n) is 10.2. The highest BCUT2D eigenvalue weighted by Gasteiger charge is 2.21. The van der Waals surface area contributed by atoms with E-state index in [-0.39, 0.29) is 5.54 Å². The first-order chi connectivity index (χ1) is 6.95. The third-order valence-corrected chi connectivity index (χ3v) is 3.02. The zero-order chi connectivity index (χ0) is 11.5. The summed E-state index contributed by atoms with van der Waals surface area (Å²) >= 11 is 0. The van der Waals surface area contributed by atoms with Gasteiger partial charge >= 0.3 is 0 Å². The predicted octanol–water partition coefficient (Wildman–Crippen LogP) is 1.80. The van der Waals surface area contributed by atoms with Crippen molar-refractivity contribution >= 4 is 0 Å². The number of rotatable bonds is 5. The smallest absolute Gasteiger partial charge is 0.105 e. The molecule has 3 nitrogen and oxygen atoms in total. The molecule has 0 aliphatic carbocycles. The molecule has 1 heterocycles. The molecule has 0 unspecified atom stereocenters. The molecule has 0 saturated heterocycles. The summed E-state index contributed by atoms with van der Waals surface area (Å²) < 4.78 is 5.52. The Kier molecular flexibility index (Phi) is 3.94. The molecule has 0 aliphatic heterocycles. The fraction of sp³-hybridized carbons (Fsp3) is 0.667. The van der Waals surface area contributed by atoms with E-state index in [0.717, 1.165) is 24.5 Å². The van der Waals surface area contributed by atoms with Crippen molar-refractivity contribution in [3.05, 3.63) is 23.7 Å². The topological polar surface area (TPSA) is 42.4 Å². The molecule has 0 fully saturated rings. The van der Waals surface area contributed by atoms with Crippen molar-refractivity contribution in [2.45, 2.75) is 32.7 Å². The van der Waals surface area contributed by atoms with Gasteiger partial charge in [-0.15, -0.1) is 0 Å². The van der Waals surface area contributed by atoms with Crippen LogP contribution in [-0.4, -0.2) is 30.6 Å². The Morgan fingerprint density at radius 3 is 2.53 bits per heavy atom. The summed E-state index contributed by atoms with van der Waals surface area (Å²) in [5.41, 5.74) is 5.77. The van der Waals surface area contributed by atoms with Crippen LogP contribution >= 0.6 is 0 Å². The van der Waals surface area contributed by atoms with Crippen LogP contribution < -0.4 is 5.73 Å². The van der Waals surface area contributed by atoms with E-state index in [1.54, 1.807) is 0 Å². The maximum Gasteiger partial charge on any atom is 0.105 e. The average molecular weight is 210 g/mol. The summed E-state index contributed by atoms with van der Waals surface area (Å²) in [6.45, 7) is 7.91. The van der Waals surface area contributed by atoms with Gasteiger partial charge in [-0.25, -0.2) is 0 Å². The first kappa shape index (κ1) is 12.3. The second-order valence-electron chi connectivity index (χ2n) is 4.70. The molecule has 2 N–H and O–H groups in total. The highest BCUT2D eigenvalue weighted by molar-refractivity contribution is 5.05. The molecule has 1 aromatic rings. The SMILES string of the molecule is Cc1ccc(CCN(C)C(C)(C)CN)o1. The maximum absolute atomic E-state index is 5.72. The summed E-state index contributed by atoms with van der Waals surface area (Å²) in [6, 6.07) is 4.04. The Labute approximate surface area is 92.2 Å². The van der Waals surface area contributed by atoms with Crippen LogP contribution in [0.2, 0.25) is 0 Å². The Morgan fingerprint density at radius 2 is 2.07 bits per heavy atom. The molecule has 3 heteroatoms. The summed E-state index contributed by atoms with van der Waals surface area (Å²) in [5.74, 6) is 2.03. The van der Waals surface area contributed by atoms with E-state index in [2.05, 4.69) is 25.8 Å². The molecule has 0 radical (unpaired) electrons. The molecular weight excluding hydrogens is 188 g/mol. The van der Waals surface area contributed by atoms with Crippen LogP contribution in [-0.2, 0) is 6.42 Å². The molecule has 0 bridgehead atoms. The van der Waals surface area contributed by atoms with Crippen molar-refractivity contribution < 1.29 is 4.42 Å². The van der Waals surface area contributed by atoms with Gasteiger partial charge in [0.15, 0.2) is 0 Å². The van der Waals surface area contributed by atoms with E-state index in [4.69, 9.17) is 10.2 Å². The van der Waals surface area contributed by atoms with Gasteiger partial charge in [0.05, 0.1) is 0 Å². The van der Waals surface area contributed by atoms with Crippen molar-refractivity contribution in [1.29, 1.82) is 0 Å². The van der Waals surface area contributed by atoms with Gasteiger partial charge in [0, 0.05) is 25.0 Å². The van der Waals surface area contributed by atoms with Gasteiger partial charge in [-0.1, -0.05) is 0 Å². The largest absolute Gasteiger partial charge is 0.466 e. The molecule has 1 rings (SSSR count). The van der Waals surface area contributed by atoms with Crippen LogP contribution in [0.4, 0.5) is 0 Å². The minimum atomic E-state index is 0.0572. The molecule has 0 aliphatic rings. The van der Waals surface area contributed by atoms with E-state index in [9.17, 15) is 0 Å². The number of nitrogens with two attached hydrogens (primary N) is 1. The standard InChI is InChI=1S/C12H22N2O/c1-10-5-6-11(15-10)7-8-14(4)12(2,3)9-13/h5-6H,7-9,13H2,1-4H3. The fourth-order valence-electron chi connectivity index (χ4n) is 1.36. The van der Waals surface area contributed by atoms with Crippen LogP contribution in [0.15, 0.2) is 16.5 Å². The first-order valence-electron chi connectivity index (χ1n) is 5.42. The molecular formula is C12H22N2O. The average Bonchev–Trinajstić information content (AvgIpc) is 2.60. The minimum Gasteiger partial charge on any atom is -0.466 e. The summed E-state index contributed by atoms with van der Waals surface area (Å²) in [5, 5.41) is 0. The minimum absolute atomic E-state index is 0.0572. The van der Waals surface area contributed by atoms with Gasteiger partial charge in [0.1, 0.15) is 11.5 Å². The molecule has 86 valence electrons. The fourth-order valence-corrected chi connectivity index (χ4v) is 1.36. The van der Waals surface area contributed by atoms with E-state index in [1.165, 1.54) is 0 Å². The summed E-state index contributed by atoms with van der Waals surface area (Å²) in [7, 11) is 2.10. The quantitative estimate of drug-likeness (QED) is 0.806. The monoisotopic (exact) mass is 210 g/mol. The lowest BCUT2D eigenvalue weighted by Gasteiger charge is -2.34. The molecule has 0 aromatic carbocycles. The first-order valence-corrected chi connectivity index (χ1v) is 5.42. The van der Waals surface area contributed by atoms with Crippen molar-refractivity contribution in [2.24, 2.45) is 5.73 Å².